The van der Waals surface area contributed by atoms with Gasteiger partial charge in [0, 0.05) is 18.2 Å². The van der Waals surface area contributed by atoms with E-state index in [9.17, 15) is 4.39 Å². The van der Waals surface area contributed by atoms with Gasteiger partial charge in [-0.1, -0.05) is 37.6 Å². The van der Waals surface area contributed by atoms with Crippen molar-refractivity contribution < 1.29 is 9.60 Å². The van der Waals surface area contributed by atoms with E-state index >= 15 is 0 Å². The number of benzene rings is 1. The summed E-state index contributed by atoms with van der Waals surface area (Å²) in [7, 11) is 0. The van der Waals surface area contributed by atoms with Crippen molar-refractivity contribution >= 4 is 5.84 Å². The fourth-order valence-electron chi connectivity index (χ4n) is 2.91. The highest BCUT2D eigenvalue weighted by molar-refractivity contribution is 5.97. The molecule has 0 bridgehead atoms. The average Bonchev–Trinajstić information content (AvgIpc) is 2.76. The highest BCUT2D eigenvalue weighted by Gasteiger charge is 2.33. The van der Waals surface area contributed by atoms with Gasteiger partial charge in [-0.25, -0.2) is 4.39 Å². The van der Waals surface area contributed by atoms with Crippen LogP contribution in [0.25, 0.3) is 0 Å². The summed E-state index contributed by atoms with van der Waals surface area (Å²) in [6.45, 7) is 4.92. The summed E-state index contributed by atoms with van der Waals surface area (Å²) in [4.78, 5) is 0. The van der Waals surface area contributed by atoms with Gasteiger partial charge in [0.1, 0.15) is 5.82 Å². The molecule has 0 heterocycles. The maximum absolute atomic E-state index is 14.3. The van der Waals surface area contributed by atoms with E-state index in [1.165, 1.54) is 18.9 Å². The normalized spacial score (nSPS) is 22.1. The van der Waals surface area contributed by atoms with Gasteiger partial charge in [-0.3, -0.25) is 0 Å². The van der Waals surface area contributed by atoms with E-state index in [1.54, 1.807) is 12.1 Å². The van der Waals surface area contributed by atoms with Crippen LogP contribution in [0, 0.1) is 11.2 Å². The molecule has 0 aliphatic heterocycles. The first-order valence-corrected chi connectivity index (χ1v) is 6.94. The lowest BCUT2D eigenvalue weighted by molar-refractivity contribution is 0.281. The first-order chi connectivity index (χ1) is 9.45. The molecule has 110 valence electrons. The number of hydrogen-bond donors (Lipinski definition) is 3. The van der Waals surface area contributed by atoms with Gasteiger partial charge in [0.25, 0.3) is 0 Å². The van der Waals surface area contributed by atoms with E-state index < -0.39 is 5.82 Å². The number of nitrogens with two attached hydrogens (primary N) is 1. The second-order valence-corrected chi connectivity index (χ2v) is 6.08. The molecule has 1 unspecified atom stereocenters. The molecular weight excluding hydrogens is 257 g/mol. The first kappa shape index (κ1) is 14.8. The molecule has 2 rings (SSSR count). The molecule has 1 aromatic carbocycles. The van der Waals surface area contributed by atoms with Crippen LogP contribution in [0.3, 0.4) is 0 Å². The van der Waals surface area contributed by atoms with Crippen molar-refractivity contribution in [3.8, 4) is 0 Å². The van der Waals surface area contributed by atoms with Crippen molar-refractivity contribution in [2.75, 3.05) is 0 Å². The Labute approximate surface area is 118 Å². The van der Waals surface area contributed by atoms with Crippen LogP contribution in [-0.2, 0) is 6.54 Å². The molecule has 0 saturated heterocycles. The lowest BCUT2D eigenvalue weighted by Crippen LogP contribution is -2.37. The molecule has 1 atom stereocenters. The van der Waals surface area contributed by atoms with E-state index in [0.29, 0.717) is 18.2 Å². The van der Waals surface area contributed by atoms with E-state index in [4.69, 9.17) is 10.9 Å². The topological polar surface area (TPSA) is 70.6 Å². The maximum atomic E-state index is 14.3. The molecule has 20 heavy (non-hydrogen) atoms. The number of oxime groups is 1. The smallest absolute Gasteiger partial charge is 0.173 e. The van der Waals surface area contributed by atoms with Crippen molar-refractivity contribution in [3.63, 3.8) is 0 Å². The third-order valence-electron chi connectivity index (χ3n) is 4.26. The van der Waals surface area contributed by atoms with Crippen molar-refractivity contribution in [2.45, 2.75) is 45.7 Å². The Balaban J connectivity index is 2.11. The molecular formula is C15H22FN3O. The lowest BCUT2D eigenvalue weighted by Gasteiger charge is -2.28. The van der Waals surface area contributed by atoms with Crippen LogP contribution in [0.4, 0.5) is 4.39 Å². The molecule has 1 aliphatic rings. The number of rotatable bonds is 4. The molecule has 1 fully saturated rings. The van der Waals surface area contributed by atoms with E-state index in [-0.39, 0.29) is 16.8 Å². The van der Waals surface area contributed by atoms with E-state index in [0.717, 1.165) is 6.42 Å². The van der Waals surface area contributed by atoms with Crippen molar-refractivity contribution in [1.82, 2.24) is 5.32 Å². The third-order valence-corrected chi connectivity index (χ3v) is 4.26. The lowest BCUT2D eigenvalue weighted by atomic mass is 9.87. The van der Waals surface area contributed by atoms with Crippen LogP contribution >= 0.6 is 0 Å². The Morgan fingerprint density at radius 3 is 2.90 bits per heavy atom. The fraction of sp³-hybridized carbons (Fsp3) is 0.533. The molecule has 1 aliphatic carbocycles. The van der Waals surface area contributed by atoms with E-state index in [1.807, 2.05) is 0 Å². The van der Waals surface area contributed by atoms with Gasteiger partial charge >= 0.3 is 0 Å². The second-order valence-electron chi connectivity index (χ2n) is 6.08. The quantitative estimate of drug-likeness (QED) is 0.343. The van der Waals surface area contributed by atoms with Gasteiger partial charge in [0.2, 0.25) is 0 Å². The Kier molecular flexibility index (Phi) is 4.28. The van der Waals surface area contributed by atoms with Crippen molar-refractivity contribution in [1.29, 1.82) is 0 Å². The minimum Gasteiger partial charge on any atom is -0.409 e. The van der Waals surface area contributed by atoms with Crippen LogP contribution in [0.15, 0.2) is 23.4 Å². The predicted octanol–water partition coefficient (Wildman–Crippen LogP) is 2.59. The van der Waals surface area contributed by atoms with E-state index in [2.05, 4.69) is 24.3 Å². The first-order valence-electron chi connectivity index (χ1n) is 6.94. The average molecular weight is 279 g/mol. The SMILES string of the molecule is CC1(C)CCCC1NCc1cccc(/C(N)=N/O)c1F. The molecule has 4 nitrogen and oxygen atoms in total. The Morgan fingerprint density at radius 1 is 1.55 bits per heavy atom. The fourth-order valence-corrected chi connectivity index (χ4v) is 2.91. The zero-order chi connectivity index (χ0) is 14.8. The highest BCUT2D eigenvalue weighted by Crippen LogP contribution is 2.37. The molecule has 0 radical (unpaired) electrons. The summed E-state index contributed by atoms with van der Waals surface area (Å²) in [5, 5.41) is 14.9. The Hall–Kier alpha value is -1.62. The standard InChI is InChI=1S/C15H22FN3O/c1-15(2)8-4-7-12(15)18-9-10-5-3-6-11(13(10)16)14(17)19-20/h3,5-6,12,18,20H,4,7-9H2,1-2H3,(H2,17,19). The van der Waals surface area contributed by atoms with Crippen LogP contribution in [-0.4, -0.2) is 17.1 Å². The predicted molar refractivity (Wildman–Crippen MR) is 77.2 cm³/mol. The van der Waals surface area contributed by atoms with Gasteiger partial charge in [-0.15, -0.1) is 0 Å². The summed E-state index contributed by atoms with van der Waals surface area (Å²) in [5.74, 6) is -0.628. The molecule has 5 heteroatoms. The molecule has 0 aromatic heterocycles. The van der Waals surface area contributed by atoms with Crippen molar-refractivity contribution in [3.05, 3.63) is 35.1 Å². The molecule has 1 saturated carbocycles. The summed E-state index contributed by atoms with van der Waals surface area (Å²) >= 11 is 0. The maximum Gasteiger partial charge on any atom is 0.173 e. The van der Waals surface area contributed by atoms with Crippen LogP contribution in [0.1, 0.15) is 44.2 Å². The molecule has 0 amide bonds. The molecule has 0 spiro atoms. The summed E-state index contributed by atoms with van der Waals surface area (Å²) in [5.41, 5.74) is 6.39. The van der Waals surface area contributed by atoms with Crippen LogP contribution < -0.4 is 11.1 Å². The number of hydrogen-bond acceptors (Lipinski definition) is 3. The largest absolute Gasteiger partial charge is 0.409 e. The summed E-state index contributed by atoms with van der Waals surface area (Å²) < 4.78 is 14.3. The zero-order valence-corrected chi connectivity index (χ0v) is 12.0. The number of amidine groups is 1. The van der Waals surface area contributed by atoms with Crippen LogP contribution in [0.5, 0.6) is 0 Å². The third kappa shape index (κ3) is 2.93. The number of halogens is 1. The second kappa shape index (κ2) is 5.79. The van der Waals surface area contributed by atoms with Gasteiger partial charge in [-0.05, 0) is 24.3 Å². The Morgan fingerprint density at radius 2 is 2.30 bits per heavy atom. The Bertz CT molecular complexity index is 514. The minimum absolute atomic E-state index is 0.137. The number of nitrogens with one attached hydrogen (secondary N) is 1. The number of nitrogens with zero attached hydrogens (tertiary/aromatic N) is 1. The summed E-state index contributed by atoms with van der Waals surface area (Å²) in [6.07, 6.45) is 3.52. The van der Waals surface area contributed by atoms with Crippen molar-refractivity contribution in [2.24, 2.45) is 16.3 Å². The van der Waals surface area contributed by atoms with Gasteiger partial charge < -0.3 is 16.3 Å². The van der Waals surface area contributed by atoms with Gasteiger partial charge in [-0.2, -0.15) is 0 Å². The molecule has 4 N–H and O–H groups in total. The highest BCUT2D eigenvalue weighted by atomic mass is 19.1. The zero-order valence-electron chi connectivity index (χ0n) is 12.0. The van der Waals surface area contributed by atoms with Crippen LogP contribution in [0.2, 0.25) is 0 Å². The molecule has 1 aromatic rings. The monoisotopic (exact) mass is 279 g/mol. The summed E-state index contributed by atoms with van der Waals surface area (Å²) in [6, 6.07) is 5.34. The van der Waals surface area contributed by atoms with Gasteiger partial charge in [0.15, 0.2) is 5.84 Å². The minimum atomic E-state index is -0.425. The van der Waals surface area contributed by atoms with Gasteiger partial charge in [0.05, 0.1) is 5.56 Å².